The van der Waals surface area contributed by atoms with Crippen molar-refractivity contribution in [2.24, 2.45) is 0 Å². The Kier molecular flexibility index (Phi) is 2.99. The van der Waals surface area contributed by atoms with Crippen molar-refractivity contribution >= 4 is 11.6 Å². The Hall–Kier alpha value is -2.01. The maximum absolute atomic E-state index is 11.7. The molecule has 114 valence electrons. The largest absolute Gasteiger partial charge is 0.394 e. The van der Waals surface area contributed by atoms with Crippen molar-refractivity contribution in [1.29, 1.82) is 0 Å². The summed E-state index contributed by atoms with van der Waals surface area (Å²) >= 11 is 0. The van der Waals surface area contributed by atoms with E-state index in [1.807, 2.05) is 0 Å². The molecule has 3 rings (SSSR count). The number of nitrogens with one attached hydrogen (secondary N) is 1. The van der Waals surface area contributed by atoms with Gasteiger partial charge in [0.1, 0.15) is 23.9 Å². The summed E-state index contributed by atoms with van der Waals surface area (Å²) in [6, 6.07) is 0. The Morgan fingerprint density at radius 3 is 2.95 bits per heavy atom. The van der Waals surface area contributed by atoms with E-state index in [0.717, 1.165) is 4.52 Å². The molecule has 0 radical (unpaired) electrons. The quantitative estimate of drug-likeness (QED) is 0.408. The van der Waals surface area contributed by atoms with Crippen molar-refractivity contribution < 1.29 is 20.1 Å². The van der Waals surface area contributed by atoms with Gasteiger partial charge < -0.3 is 25.8 Å². The number of nitrogen functional groups attached to an aromatic ring is 1. The summed E-state index contributed by atoms with van der Waals surface area (Å²) in [6.07, 6.45) is -1.93. The standard InChI is InChI=1S/C11H15N5O5/c1-11(20)6(18)5(3-17)21-7(11)4-2-13-16-8(4)14-9(12)15-10(16)19/h2,5-7,17-18,20H,3H2,1H3,(H3,12,14,15,19)/t5?,6?,7?,11-/m1/s1. The Bertz CT molecular complexity index is 738. The van der Waals surface area contributed by atoms with E-state index in [0.29, 0.717) is 5.56 Å². The van der Waals surface area contributed by atoms with Gasteiger partial charge in [0.25, 0.3) is 0 Å². The fourth-order valence-electron chi connectivity index (χ4n) is 2.55. The second-order valence-electron chi connectivity index (χ2n) is 5.17. The lowest BCUT2D eigenvalue weighted by atomic mass is 9.90. The smallest absolute Gasteiger partial charge is 0.350 e. The fourth-order valence-corrected chi connectivity index (χ4v) is 2.55. The van der Waals surface area contributed by atoms with Gasteiger partial charge in [-0.05, 0) is 6.92 Å². The molecule has 1 fully saturated rings. The predicted octanol–water partition coefficient (Wildman–Crippen LogP) is -2.46. The molecule has 6 N–H and O–H groups in total. The number of fused-ring (bicyclic) bond motifs is 1. The molecule has 0 saturated carbocycles. The lowest BCUT2D eigenvalue weighted by molar-refractivity contribution is -0.0641. The van der Waals surface area contributed by atoms with Gasteiger partial charge in [-0.1, -0.05) is 0 Å². The van der Waals surface area contributed by atoms with Crippen LogP contribution >= 0.6 is 0 Å². The Morgan fingerprint density at radius 2 is 2.33 bits per heavy atom. The number of rotatable bonds is 2. The van der Waals surface area contributed by atoms with E-state index < -0.39 is 36.2 Å². The first-order chi connectivity index (χ1) is 9.86. The molecule has 4 atom stereocenters. The minimum atomic E-state index is -1.67. The summed E-state index contributed by atoms with van der Waals surface area (Å²) in [7, 11) is 0. The lowest BCUT2D eigenvalue weighted by Gasteiger charge is -2.25. The molecule has 21 heavy (non-hydrogen) atoms. The zero-order chi connectivity index (χ0) is 15.4. The molecule has 3 heterocycles. The van der Waals surface area contributed by atoms with Gasteiger partial charge in [-0.3, -0.25) is 4.98 Å². The Balaban J connectivity index is 2.15. The number of hydrogen-bond acceptors (Lipinski definition) is 8. The van der Waals surface area contributed by atoms with E-state index in [2.05, 4.69) is 15.1 Å². The third-order valence-corrected chi connectivity index (χ3v) is 3.68. The van der Waals surface area contributed by atoms with Crippen LogP contribution in [0.5, 0.6) is 0 Å². The van der Waals surface area contributed by atoms with Crippen LogP contribution in [-0.2, 0) is 4.74 Å². The number of H-pyrrole nitrogens is 1. The molecule has 2 aromatic heterocycles. The van der Waals surface area contributed by atoms with Crippen molar-refractivity contribution in [3.05, 3.63) is 22.2 Å². The first-order valence-corrected chi connectivity index (χ1v) is 6.26. The topological polar surface area (TPSA) is 159 Å². The monoisotopic (exact) mass is 297 g/mol. The number of aromatic nitrogens is 4. The average molecular weight is 297 g/mol. The molecule has 1 aliphatic heterocycles. The number of aliphatic hydroxyl groups is 3. The van der Waals surface area contributed by atoms with Crippen LogP contribution in [0.25, 0.3) is 5.65 Å². The highest BCUT2D eigenvalue weighted by Crippen LogP contribution is 2.42. The van der Waals surface area contributed by atoms with E-state index in [9.17, 15) is 20.1 Å². The van der Waals surface area contributed by atoms with Gasteiger partial charge >= 0.3 is 5.69 Å². The number of nitrogens with zero attached hydrogens (tertiary/aromatic N) is 3. The molecule has 10 heteroatoms. The number of hydrogen-bond donors (Lipinski definition) is 5. The van der Waals surface area contributed by atoms with E-state index in [4.69, 9.17) is 10.5 Å². The summed E-state index contributed by atoms with van der Waals surface area (Å²) in [4.78, 5) is 18.0. The highest BCUT2D eigenvalue weighted by Gasteiger charge is 2.53. The van der Waals surface area contributed by atoms with Crippen molar-refractivity contribution in [3.63, 3.8) is 0 Å². The van der Waals surface area contributed by atoms with Gasteiger partial charge in [-0.15, -0.1) is 0 Å². The van der Waals surface area contributed by atoms with Gasteiger partial charge in [0.2, 0.25) is 5.95 Å². The molecular formula is C11H15N5O5. The Morgan fingerprint density at radius 1 is 1.62 bits per heavy atom. The summed E-state index contributed by atoms with van der Waals surface area (Å²) < 4.78 is 6.45. The van der Waals surface area contributed by atoms with Crippen LogP contribution in [0, 0.1) is 0 Å². The zero-order valence-electron chi connectivity index (χ0n) is 11.1. The fraction of sp³-hybridized carbons (Fsp3) is 0.545. The van der Waals surface area contributed by atoms with Crippen LogP contribution in [-0.4, -0.2) is 59.3 Å². The third kappa shape index (κ3) is 1.92. The Labute approximate surface area is 117 Å². The van der Waals surface area contributed by atoms with Crippen LogP contribution in [0.4, 0.5) is 5.95 Å². The molecule has 0 bridgehead atoms. The van der Waals surface area contributed by atoms with Crippen LogP contribution in [0.2, 0.25) is 0 Å². The van der Waals surface area contributed by atoms with Crippen molar-refractivity contribution in [3.8, 4) is 0 Å². The highest BCUT2D eigenvalue weighted by atomic mass is 16.6. The molecule has 0 amide bonds. The minimum absolute atomic E-state index is 0.105. The molecule has 2 aromatic rings. The predicted molar refractivity (Wildman–Crippen MR) is 69.4 cm³/mol. The zero-order valence-corrected chi connectivity index (χ0v) is 11.1. The summed E-state index contributed by atoms with van der Waals surface area (Å²) in [5.41, 5.74) is 3.66. The molecule has 10 nitrogen and oxygen atoms in total. The van der Waals surface area contributed by atoms with Crippen LogP contribution in [0.15, 0.2) is 11.0 Å². The molecule has 0 spiro atoms. The second-order valence-corrected chi connectivity index (χ2v) is 5.17. The van der Waals surface area contributed by atoms with Crippen LogP contribution in [0.3, 0.4) is 0 Å². The second kappa shape index (κ2) is 4.49. The normalized spacial score (nSPS) is 32.9. The molecule has 0 aliphatic carbocycles. The minimum Gasteiger partial charge on any atom is -0.394 e. The first-order valence-electron chi connectivity index (χ1n) is 6.26. The number of anilines is 1. The van der Waals surface area contributed by atoms with E-state index in [1.165, 1.54) is 13.1 Å². The van der Waals surface area contributed by atoms with Gasteiger partial charge in [0.05, 0.1) is 12.8 Å². The maximum Gasteiger partial charge on any atom is 0.350 e. The average Bonchev–Trinajstić information content (AvgIpc) is 2.91. The summed E-state index contributed by atoms with van der Waals surface area (Å²) in [6.45, 7) is 0.918. The maximum atomic E-state index is 11.7. The SMILES string of the molecule is C[C@]1(O)C(c2cnn3c(=O)[nH]c(N)nc23)OC(CO)C1O. The molecule has 3 unspecified atom stereocenters. The number of aromatic amines is 1. The van der Waals surface area contributed by atoms with Crippen LogP contribution in [0.1, 0.15) is 18.6 Å². The number of ether oxygens (including phenoxy) is 1. The molecule has 1 saturated heterocycles. The van der Waals surface area contributed by atoms with Gasteiger partial charge in [-0.25, -0.2) is 4.79 Å². The van der Waals surface area contributed by atoms with Crippen LogP contribution < -0.4 is 11.4 Å². The van der Waals surface area contributed by atoms with Crippen molar-refractivity contribution in [2.75, 3.05) is 12.3 Å². The number of nitrogens with two attached hydrogens (primary N) is 1. The molecular weight excluding hydrogens is 282 g/mol. The van der Waals surface area contributed by atoms with Gasteiger partial charge in [0, 0.05) is 5.56 Å². The summed E-state index contributed by atoms with van der Waals surface area (Å²) in [5, 5.41) is 33.5. The van der Waals surface area contributed by atoms with Crippen molar-refractivity contribution in [1.82, 2.24) is 19.6 Å². The third-order valence-electron chi connectivity index (χ3n) is 3.68. The number of aliphatic hydroxyl groups excluding tert-OH is 2. The van der Waals surface area contributed by atoms with E-state index >= 15 is 0 Å². The lowest BCUT2D eigenvalue weighted by Crippen LogP contribution is -2.43. The van der Waals surface area contributed by atoms with E-state index in [1.54, 1.807) is 0 Å². The van der Waals surface area contributed by atoms with Gasteiger partial charge in [-0.2, -0.15) is 14.6 Å². The highest BCUT2D eigenvalue weighted by molar-refractivity contribution is 5.50. The first kappa shape index (κ1) is 13.9. The van der Waals surface area contributed by atoms with Gasteiger partial charge in [0.15, 0.2) is 5.65 Å². The molecule has 1 aliphatic rings. The van der Waals surface area contributed by atoms with E-state index in [-0.39, 0.29) is 11.6 Å². The molecule has 0 aromatic carbocycles. The van der Waals surface area contributed by atoms with Crippen molar-refractivity contribution in [2.45, 2.75) is 30.8 Å². The summed E-state index contributed by atoms with van der Waals surface area (Å²) in [5.74, 6) is -0.105.